The van der Waals surface area contributed by atoms with Crippen LogP contribution < -0.4 is 14.8 Å². The molecule has 0 fully saturated rings. The molecule has 6 heteroatoms. The van der Waals surface area contributed by atoms with Gasteiger partial charge in [0.15, 0.2) is 0 Å². The summed E-state index contributed by atoms with van der Waals surface area (Å²) in [5.41, 5.74) is 3.36. The lowest BCUT2D eigenvalue weighted by Gasteiger charge is -2.04. The maximum Gasteiger partial charge on any atom is 0.272 e. The largest absolute Gasteiger partial charge is 0.497 e. The van der Waals surface area contributed by atoms with E-state index in [-0.39, 0.29) is 5.91 Å². The minimum absolute atomic E-state index is 0.210. The number of amides is 1. The zero-order valence-electron chi connectivity index (χ0n) is 14.8. The lowest BCUT2D eigenvalue weighted by molar-refractivity contribution is 0.0946. The molecule has 134 valence electrons. The van der Waals surface area contributed by atoms with Gasteiger partial charge in [-0.05, 0) is 41.5 Å². The van der Waals surface area contributed by atoms with E-state index in [0.29, 0.717) is 18.7 Å². The Labute approximate surface area is 152 Å². The molecule has 3 aromatic rings. The van der Waals surface area contributed by atoms with Gasteiger partial charge in [0.1, 0.15) is 17.2 Å². The maximum absolute atomic E-state index is 12.3. The van der Waals surface area contributed by atoms with Gasteiger partial charge in [-0.3, -0.25) is 9.89 Å². The first-order valence-electron chi connectivity index (χ1n) is 8.26. The van der Waals surface area contributed by atoms with Gasteiger partial charge in [-0.2, -0.15) is 5.10 Å². The fourth-order valence-electron chi connectivity index (χ4n) is 2.55. The number of ether oxygens (including phenoxy) is 2. The lowest BCUT2D eigenvalue weighted by atomic mass is 10.1. The van der Waals surface area contributed by atoms with Crippen LogP contribution in [0.25, 0.3) is 0 Å². The maximum atomic E-state index is 12.3. The summed E-state index contributed by atoms with van der Waals surface area (Å²) in [6.07, 6.45) is 0.669. The summed E-state index contributed by atoms with van der Waals surface area (Å²) in [4.78, 5) is 12.3. The number of aromatic amines is 1. The van der Waals surface area contributed by atoms with E-state index in [9.17, 15) is 4.79 Å². The molecule has 0 bridgehead atoms. The Morgan fingerprint density at radius 3 is 2.12 bits per heavy atom. The minimum atomic E-state index is -0.210. The van der Waals surface area contributed by atoms with Crippen molar-refractivity contribution in [3.63, 3.8) is 0 Å². The number of benzene rings is 2. The van der Waals surface area contributed by atoms with E-state index in [4.69, 9.17) is 9.47 Å². The first kappa shape index (κ1) is 17.5. The van der Waals surface area contributed by atoms with E-state index in [0.717, 1.165) is 28.3 Å². The van der Waals surface area contributed by atoms with Crippen molar-refractivity contribution in [3.05, 3.63) is 77.1 Å². The van der Waals surface area contributed by atoms with Gasteiger partial charge in [-0.1, -0.05) is 24.3 Å². The van der Waals surface area contributed by atoms with Crippen LogP contribution in [0, 0.1) is 0 Å². The Hall–Kier alpha value is -3.28. The van der Waals surface area contributed by atoms with Gasteiger partial charge in [0.25, 0.3) is 5.91 Å². The highest BCUT2D eigenvalue weighted by Crippen LogP contribution is 2.15. The molecule has 0 saturated carbocycles. The van der Waals surface area contributed by atoms with Crippen LogP contribution in [0.2, 0.25) is 0 Å². The number of H-pyrrole nitrogens is 1. The first-order valence-corrected chi connectivity index (χ1v) is 8.26. The Morgan fingerprint density at radius 1 is 0.962 bits per heavy atom. The lowest BCUT2D eigenvalue weighted by Crippen LogP contribution is -2.23. The molecule has 0 aliphatic carbocycles. The van der Waals surface area contributed by atoms with Gasteiger partial charge < -0.3 is 14.8 Å². The fourth-order valence-corrected chi connectivity index (χ4v) is 2.55. The monoisotopic (exact) mass is 351 g/mol. The molecule has 2 aromatic carbocycles. The van der Waals surface area contributed by atoms with Crippen LogP contribution in [0.5, 0.6) is 11.5 Å². The fraction of sp³-hybridized carbons (Fsp3) is 0.200. The third-order valence-electron chi connectivity index (χ3n) is 4.03. The summed E-state index contributed by atoms with van der Waals surface area (Å²) in [7, 11) is 3.26. The summed E-state index contributed by atoms with van der Waals surface area (Å²) in [5, 5.41) is 9.89. The molecule has 2 N–H and O–H groups in total. The van der Waals surface area contributed by atoms with Crippen LogP contribution in [-0.2, 0) is 13.0 Å². The summed E-state index contributed by atoms with van der Waals surface area (Å²) >= 11 is 0. The second-order valence-electron chi connectivity index (χ2n) is 5.83. The van der Waals surface area contributed by atoms with Crippen LogP contribution in [0.3, 0.4) is 0 Å². The number of aromatic nitrogens is 2. The topological polar surface area (TPSA) is 76.2 Å². The molecule has 0 saturated heterocycles. The molecular formula is C20H21N3O3. The van der Waals surface area contributed by atoms with E-state index in [2.05, 4.69) is 15.5 Å². The molecule has 0 atom stereocenters. The van der Waals surface area contributed by atoms with Gasteiger partial charge in [-0.15, -0.1) is 0 Å². The van der Waals surface area contributed by atoms with Crippen LogP contribution in [0.1, 0.15) is 27.3 Å². The standard InChI is InChI=1S/C20H21N3O3/c1-25-17-7-3-14(4-8-17)11-16-12-19(23-22-16)20(24)21-13-15-5-9-18(26-2)10-6-15/h3-10,12H,11,13H2,1-2H3,(H,21,24)(H,22,23). The minimum Gasteiger partial charge on any atom is -0.497 e. The SMILES string of the molecule is COc1ccc(CNC(=O)c2cc(Cc3ccc(OC)cc3)[nH]n2)cc1. The Morgan fingerprint density at radius 2 is 1.54 bits per heavy atom. The summed E-state index contributed by atoms with van der Waals surface area (Å²) in [5.74, 6) is 1.39. The van der Waals surface area contributed by atoms with Crippen molar-refractivity contribution >= 4 is 5.91 Å². The molecule has 0 spiro atoms. The zero-order valence-corrected chi connectivity index (χ0v) is 14.8. The molecule has 1 amide bonds. The highest BCUT2D eigenvalue weighted by atomic mass is 16.5. The molecule has 0 aliphatic rings. The number of carbonyl (C=O) groups excluding carboxylic acids is 1. The van der Waals surface area contributed by atoms with Gasteiger partial charge in [0.2, 0.25) is 0 Å². The van der Waals surface area contributed by atoms with Gasteiger partial charge in [-0.25, -0.2) is 0 Å². The quantitative estimate of drug-likeness (QED) is 0.686. The van der Waals surface area contributed by atoms with Gasteiger partial charge in [0, 0.05) is 18.7 Å². The summed E-state index contributed by atoms with van der Waals surface area (Å²) in [6, 6.07) is 17.1. The second-order valence-corrected chi connectivity index (χ2v) is 5.83. The average Bonchev–Trinajstić information content (AvgIpc) is 3.15. The molecule has 3 rings (SSSR count). The average molecular weight is 351 g/mol. The summed E-state index contributed by atoms with van der Waals surface area (Å²) in [6.45, 7) is 0.434. The zero-order chi connectivity index (χ0) is 18.4. The Balaban J connectivity index is 1.56. The first-order chi connectivity index (χ1) is 12.7. The third-order valence-corrected chi connectivity index (χ3v) is 4.03. The normalized spacial score (nSPS) is 10.4. The smallest absolute Gasteiger partial charge is 0.272 e. The van der Waals surface area contributed by atoms with Crippen molar-refractivity contribution in [3.8, 4) is 11.5 Å². The highest BCUT2D eigenvalue weighted by Gasteiger charge is 2.10. The van der Waals surface area contributed by atoms with E-state index in [1.165, 1.54) is 0 Å². The van der Waals surface area contributed by atoms with E-state index in [1.807, 2.05) is 48.5 Å². The number of nitrogens with zero attached hydrogens (tertiary/aromatic N) is 1. The van der Waals surface area contributed by atoms with Crippen molar-refractivity contribution in [2.45, 2.75) is 13.0 Å². The van der Waals surface area contributed by atoms with Crippen molar-refractivity contribution in [1.29, 1.82) is 0 Å². The van der Waals surface area contributed by atoms with Gasteiger partial charge >= 0.3 is 0 Å². The predicted molar refractivity (Wildman–Crippen MR) is 98.6 cm³/mol. The molecule has 0 unspecified atom stereocenters. The van der Waals surface area contributed by atoms with Crippen LogP contribution in [0.4, 0.5) is 0 Å². The van der Waals surface area contributed by atoms with Crippen molar-refractivity contribution < 1.29 is 14.3 Å². The number of hydrogen-bond acceptors (Lipinski definition) is 4. The number of nitrogens with one attached hydrogen (secondary N) is 2. The number of methoxy groups -OCH3 is 2. The van der Waals surface area contributed by atoms with Gasteiger partial charge in [0.05, 0.1) is 14.2 Å². The molecule has 1 heterocycles. The molecule has 6 nitrogen and oxygen atoms in total. The van der Waals surface area contributed by atoms with Crippen LogP contribution >= 0.6 is 0 Å². The third kappa shape index (κ3) is 4.42. The number of rotatable bonds is 7. The Kier molecular flexibility index (Phi) is 5.53. The molecule has 0 radical (unpaired) electrons. The molecular weight excluding hydrogens is 330 g/mol. The van der Waals surface area contributed by atoms with E-state index < -0.39 is 0 Å². The van der Waals surface area contributed by atoms with Crippen molar-refractivity contribution in [2.75, 3.05) is 14.2 Å². The van der Waals surface area contributed by atoms with Crippen molar-refractivity contribution in [2.24, 2.45) is 0 Å². The highest BCUT2D eigenvalue weighted by molar-refractivity contribution is 5.92. The van der Waals surface area contributed by atoms with E-state index >= 15 is 0 Å². The molecule has 26 heavy (non-hydrogen) atoms. The molecule has 0 aliphatic heterocycles. The van der Waals surface area contributed by atoms with Crippen molar-refractivity contribution in [1.82, 2.24) is 15.5 Å². The number of carbonyl (C=O) groups is 1. The van der Waals surface area contributed by atoms with E-state index in [1.54, 1.807) is 20.3 Å². The second kappa shape index (κ2) is 8.20. The van der Waals surface area contributed by atoms with Crippen LogP contribution in [0.15, 0.2) is 54.6 Å². The Bertz CT molecular complexity index is 855. The predicted octanol–water partition coefficient (Wildman–Crippen LogP) is 2.95. The molecule has 1 aromatic heterocycles. The van der Waals surface area contributed by atoms with Crippen LogP contribution in [-0.4, -0.2) is 30.3 Å². The summed E-state index contributed by atoms with van der Waals surface area (Å²) < 4.78 is 10.3. The number of hydrogen-bond donors (Lipinski definition) is 2.